The second kappa shape index (κ2) is 5.34. The van der Waals surface area contributed by atoms with Crippen LogP contribution in [0, 0.1) is 6.92 Å². The maximum absolute atomic E-state index is 9.31. The number of carboxylic acids is 1. The van der Waals surface area contributed by atoms with Gasteiger partial charge in [0.2, 0.25) is 0 Å². The molecule has 3 heteroatoms. The molecule has 0 aliphatic carbocycles. The maximum Gasteiger partial charge on any atom is 0.303 e. The summed E-state index contributed by atoms with van der Waals surface area (Å²) in [4.78, 5) is 9.31. The Balaban J connectivity index is 0. The normalized spacial score (nSPS) is 6.17. The monoisotopic (exact) mass is 253 g/mol. The van der Waals surface area contributed by atoms with Crippen molar-refractivity contribution in [2.45, 2.75) is 6.42 Å². The summed E-state index contributed by atoms with van der Waals surface area (Å²) in [5.74, 6) is -0.856. The van der Waals surface area contributed by atoms with Gasteiger partial charge in [0.25, 0.3) is 0 Å². The molecule has 2 nitrogen and oxygen atoms in total. The van der Waals surface area contributed by atoms with Crippen LogP contribution in [-0.4, -0.2) is 11.1 Å². The van der Waals surface area contributed by atoms with Gasteiger partial charge in [-0.2, -0.15) is 0 Å². The molecular formula is C3H5HfO2. The molecule has 0 saturated carbocycles. The molecule has 0 heterocycles. The first kappa shape index (κ1) is 9.60. The van der Waals surface area contributed by atoms with Gasteiger partial charge in [-0.25, -0.2) is 0 Å². The molecule has 1 radical (unpaired) electrons. The number of carbonyl (C=O) groups is 1. The summed E-state index contributed by atoms with van der Waals surface area (Å²) in [5.41, 5.74) is 0. The van der Waals surface area contributed by atoms with Crippen LogP contribution in [0.15, 0.2) is 0 Å². The molecule has 33 valence electrons. The molecule has 0 aromatic carbocycles. The van der Waals surface area contributed by atoms with E-state index in [9.17, 15) is 4.79 Å². The molecule has 0 rings (SSSR count). The fraction of sp³-hybridized carbons (Fsp3) is 0.333. The summed E-state index contributed by atoms with van der Waals surface area (Å²) in [6.45, 7) is 3.09. The second-order valence-corrected chi connectivity index (χ2v) is 0.644. The van der Waals surface area contributed by atoms with Crippen LogP contribution in [0.4, 0.5) is 0 Å². The van der Waals surface area contributed by atoms with Gasteiger partial charge in [0.05, 0.1) is 0 Å². The van der Waals surface area contributed by atoms with Crippen LogP contribution in [0.2, 0.25) is 0 Å². The van der Waals surface area contributed by atoms with Gasteiger partial charge < -0.3 is 5.11 Å². The van der Waals surface area contributed by atoms with Crippen molar-refractivity contribution in [3.05, 3.63) is 6.92 Å². The molecule has 0 aliphatic rings. The Kier molecular flexibility index (Phi) is 8.54. The first-order valence-electron chi connectivity index (χ1n) is 1.28. The fourth-order valence-corrected chi connectivity index (χ4v) is 0. The van der Waals surface area contributed by atoms with Crippen molar-refractivity contribution in [3.63, 3.8) is 0 Å². The third-order valence-corrected chi connectivity index (χ3v) is 0.214. The molecule has 0 amide bonds. The second-order valence-electron chi connectivity index (χ2n) is 0.644. The molecule has 0 aromatic rings. The zero-order valence-corrected chi connectivity index (χ0v) is 6.86. The van der Waals surface area contributed by atoms with Gasteiger partial charge in [0.1, 0.15) is 0 Å². The smallest absolute Gasteiger partial charge is 0.303 e. The molecular weight excluding hydrogens is 247 g/mol. The molecule has 0 spiro atoms. The Morgan fingerprint density at radius 2 is 2.00 bits per heavy atom. The van der Waals surface area contributed by atoms with Gasteiger partial charge in [-0.15, -0.1) is 0 Å². The minimum atomic E-state index is -0.856. The van der Waals surface area contributed by atoms with E-state index in [1.165, 1.54) is 0 Å². The average molecular weight is 252 g/mol. The minimum absolute atomic E-state index is 0. The number of rotatable bonds is 1. The zero-order valence-electron chi connectivity index (χ0n) is 3.27. The Bertz CT molecular complexity index is 44.1. The predicted molar refractivity (Wildman–Crippen MR) is 17.6 cm³/mol. The SMILES string of the molecule is [CH2]CC(=O)O.[Hf]. The van der Waals surface area contributed by atoms with E-state index < -0.39 is 5.97 Å². The summed E-state index contributed by atoms with van der Waals surface area (Å²) in [6, 6.07) is 0. The molecule has 0 aliphatic heterocycles. The van der Waals surface area contributed by atoms with E-state index in [4.69, 9.17) is 5.11 Å². The largest absolute Gasteiger partial charge is 0.481 e. The van der Waals surface area contributed by atoms with E-state index in [0.717, 1.165) is 0 Å². The van der Waals surface area contributed by atoms with E-state index in [1.54, 1.807) is 0 Å². The van der Waals surface area contributed by atoms with Crippen LogP contribution in [-0.2, 0) is 30.6 Å². The van der Waals surface area contributed by atoms with E-state index in [2.05, 4.69) is 6.92 Å². The molecule has 0 bridgehead atoms. The van der Waals surface area contributed by atoms with Crippen molar-refractivity contribution in [1.82, 2.24) is 0 Å². The summed E-state index contributed by atoms with van der Waals surface area (Å²) < 4.78 is 0. The summed E-state index contributed by atoms with van der Waals surface area (Å²) in [5, 5.41) is 7.66. The maximum atomic E-state index is 9.31. The Morgan fingerprint density at radius 3 is 2.00 bits per heavy atom. The summed E-state index contributed by atoms with van der Waals surface area (Å²) in [7, 11) is 0. The van der Waals surface area contributed by atoms with Crippen LogP contribution in [0.25, 0.3) is 0 Å². The van der Waals surface area contributed by atoms with Crippen LogP contribution in [0.5, 0.6) is 0 Å². The van der Waals surface area contributed by atoms with Gasteiger partial charge >= 0.3 is 5.97 Å². The zero-order chi connectivity index (χ0) is 4.28. The van der Waals surface area contributed by atoms with Gasteiger partial charge in [0.15, 0.2) is 0 Å². The Labute approximate surface area is 55.3 Å². The number of carboxylic acid groups (broad SMARTS) is 1. The first-order valence-corrected chi connectivity index (χ1v) is 1.28. The molecule has 0 aromatic heterocycles. The van der Waals surface area contributed by atoms with Gasteiger partial charge in [-0.1, -0.05) is 0 Å². The van der Waals surface area contributed by atoms with Gasteiger partial charge in [0, 0.05) is 32.3 Å². The quantitative estimate of drug-likeness (QED) is 0.681. The number of aliphatic carboxylic acids is 1. The molecule has 1 N–H and O–H groups in total. The molecule has 0 atom stereocenters. The molecule has 0 saturated heterocycles. The van der Waals surface area contributed by atoms with E-state index >= 15 is 0 Å². The molecule has 0 unspecified atom stereocenters. The van der Waals surface area contributed by atoms with Crippen molar-refractivity contribution < 1.29 is 35.7 Å². The van der Waals surface area contributed by atoms with Gasteiger partial charge in [-0.05, 0) is 6.92 Å². The van der Waals surface area contributed by atoms with Crippen LogP contribution in [0.3, 0.4) is 0 Å². The fourth-order valence-electron chi connectivity index (χ4n) is 0. The van der Waals surface area contributed by atoms with Crippen LogP contribution in [0.1, 0.15) is 6.42 Å². The predicted octanol–water partition coefficient (Wildman–Crippen LogP) is 0.293. The standard InChI is InChI=1S/C3H5O2.Hf/c1-2-3(4)5;/h1-2H2,(H,4,5);. The third kappa shape index (κ3) is 8.84. The third-order valence-electron chi connectivity index (χ3n) is 0.214. The van der Waals surface area contributed by atoms with E-state index in [0.29, 0.717) is 0 Å². The number of hydrogen-bond acceptors (Lipinski definition) is 1. The number of hydrogen-bond donors (Lipinski definition) is 1. The minimum Gasteiger partial charge on any atom is -0.481 e. The van der Waals surface area contributed by atoms with Crippen LogP contribution >= 0.6 is 0 Å². The van der Waals surface area contributed by atoms with Crippen molar-refractivity contribution in [1.29, 1.82) is 0 Å². The topological polar surface area (TPSA) is 37.3 Å². The average Bonchev–Trinajstić information content (AvgIpc) is 1.38. The summed E-state index contributed by atoms with van der Waals surface area (Å²) in [6.07, 6.45) is -0.0278. The van der Waals surface area contributed by atoms with E-state index in [-0.39, 0.29) is 32.3 Å². The van der Waals surface area contributed by atoms with Crippen molar-refractivity contribution in [2.75, 3.05) is 0 Å². The summed E-state index contributed by atoms with van der Waals surface area (Å²) >= 11 is 0. The Hall–Kier alpha value is 0.340. The first-order chi connectivity index (χ1) is 2.27. The van der Waals surface area contributed by atoms with Crippen LogP contribution < -0.4 is 0 Å². The van der Waals surface area contributed by atoms with Crippen molar-refractivity contribution in [2.24, 2.45) is 0 Å². The molecule has 0 fully saturated rings. The van der Waals surface area contributed by atoms with Crippen molar-refractivity contribution in [3.8, 4) is 0 Å². The Morgan fingerprint density at radius 1 is 1.83 bits per heavy atom. The van der Waals surface area contributed by atoms with E-state index in [1.807, 2.05) is 0 Å². The van der Waals surface area contributed by atoms with Gasteiger partial charge in [-0.3, -0.25) is 4.79 Å². The van der Waals surface area contributed by atoms with Crippen molar-refractivity contribution >= 4 is 5.97 Å². The molecule has 6 heavy (non-hydrogen) atoms.